The lowest BCUT2D eigenvalue weighted by molar-refractivity contribution is -0.132. The van der Waals surface area contributed by atoms with Crippen LogP contribution < -0.4 is 9.64 Å². The van der Waals surface area contributed by atoms with Gasteiger partial charge in [0.15, 0.2) is 0 Å². The van der Waals surface area contributed by atoms with Crippen molar-refractivity contribution >= 4 is 39.1 Å². The van der Waals surface area contributed by atoms with Gasteiger partial charge >= 0.3 is 0 Å². The number of ether oxygens (including phenoxy) is 1. The van der Waals surface area contributed by atoms with Gasteiger partial charge in [0, 0.05) is 5.56 Å². The molecule has 164 valence electrons. The number of benzene rings is 2. The zero-order valence-electron chi connectivity index (χ0n) is 17.5. The molecular weight excluding hydrogens is 478 g/mol. The highest BCUT2D eigenvalue weighted by Crippen LogP contribution is 2.45. The van der Waals surface area contributed by atoms with Crippen molar-refractivity contribution in [3.8, 4) is 11.5 Å². The summed E-state index contributed by atoms with van der Waals surface area (Å²) in [4.78, 5) is 27.4. The van der Waals surface area contributed by atoms with Gasteiger partial charge in [0.25, 0.3) is 11.7 Å². The number of nitrogens with zero attached hydrogens (tertiary/aromatic N) is 1. The number of ketones is 1. The van der Waals surface area contributed by atoms with Gasteiger partial charge in [-0.1, -0.05) is 6.07 Å². The Morgan fingerprint density at radius 1 is 1.09 bits per heavy atom. The van der Waals surface area contributed by atoms with Crippen molar-refractivity contribution in [2.24, 2.45) is 0 Å². The number of furan rings is 1. The summed E-state index contributed by atoms with van der Waals surface area (Å²) < 4.78 is 11.5. The first-order chi connectivity index (χ1) is 15.2. The zero-order valence-corrected chi connectivity index (χ0v) is 19.1. The van der Waals surface area contributed by atoms with Gasteiger partial charge in [-0.05, 0) is 77.8 Å². The summed E-state index contributed by atoms with van der Waals surface area (Å²) in [7, 11) is 1.51. The van der Waals surface area contributed by atoms with E-state index in [1.54, 1.807) is 56.3 Å². The first-order valence-corrected chi connectivity index (χ1v) is 10.5. The number of phenols is 1. The summed E-state index contributed by atoms with van der Waals surface area (Å²) in [6.45, 7) is 3.54. The van der Waals surface area contributed by atoms with Crippen LogP contribution in [0.4, 0.5) is 5.69 Å². The monoisotopic (exact) mass is 497 g/mol. The minimum atomic E-state index is -1.06. The van der Waals surface area contributed by atoms with E-state index < -0.39 is 17.7 Å². The van der Waals surface area contributed by atoms with E-state index in [9.17, 15) is 19.8 Å². The molecule has 1 atom stereocenters. The summed E-state index contributed by atoms with van der Waals surface area (Å²) in [6.07, 6.45) is 0. The maximum absolute atomic E-state index is 13.1. The van der Waals surface area contributed by atoms with Crippen molar-refractivity contribution in [1.29, 1.82) is 0 Å². The van der Waals surface area contributed by atoms with Crippen LogP contribution in [0, 0.1) is 13.8 Å². The maximum Gasteiger partial charge on any atom is 0.300 e. The van der Waals surface area contributed by atoms with E-state index in [1.165, 1.54) is 13.2 Å². The summed E-state index contributed by atoms with van der Waals surface area (Å²) in [5, 5.41) is 21.6. The van der Waals surface area contributed by atoms with E-state index in [2.05, 4.69) is 15.9 Å². The molecule has 2 aromatic carbocycles. The lowest BCUT2D eigenvalue weighted by Gasteiger charge is -2.24. The maximum atomic E-state index is 13.1. The molecule has 2 N–H and O–H groups in total. The zero-order chi connectivity index (χ0) is 23.2. The van der Waals surface area contributed by atoms with Crippen LogP contribution in [0.3, 0.4) is 0 Å². The lowest BCUT2D eigenvalue weighted by atomic mass is 9.99. The van der Waals surface area contributed by atoms with Crippen LogP contribution >= 0.6 is 15.9 Å². The van der Waals surface area contributed by atoms with E-state index in [0.29, 0.717) is 21.5 Å². The number of rotatable bonds is 4. The number of hydrogen-bond acceptors (Lipinski definition) is 6. The number of aryl methyl sites for hydroxylation is 2. The van der Waals surface area contributed by atoms with Crippen molar-refractivity contribution in [2.75, 3.05) is 12.0 Å². The Kier molecular flexibility index (Phi) is 5.56. The molecule has 1 aliphatic rings. The predicted octanol–water partition coefficient (Wildman–Crippen LogP) is 5.00. The number of aromatic hydroxyl groups is 1. The Balaban J connectivity index is 1.96. The molecule has 4 rings (SSSR count). The Morgan fingerprint density at radius 2 is 1.84 bits per heavy atom. The van der Waals surface area contributed by atoms with Gasteiger partial charge in [-0.2, -0.15) is 0 Å². The van der Waals surface area contributed by atoms with Gasteiger partial charge in [-0.25, -0.2) is 0 Å². The third-order valence-corrected chi connectivity index (χ3v) is 5.91. The number of carbonyl (C=O) groups is 2. The molecule has 2 heterocycles. The molecule has 0 spiro atoms. The highest BCUT2D eigenvalue weighted by molar-refractivity contribution is 9.10. The Hall–Kier alpha value is -3.52. The van der Waals surface area contributed by atoms with E-state index in [4.69, 9.17) is 9.15 Å². The average Bonchev–Trinajstić information content (AvgIpc) is 3.30. The second kappa shape index (κ2) is 8.20. The number of Topliss-reactive ketones (excluding diaryl/α,β-unsaturated/α-hetero) is 1. The molecule has 1 fully saturated rings. The molecule has 1 unspecified atom stereocenters. The lowest BCUT2D eigenvalue weighted by Crippen LogP contribution is -2.29. The molecule has 1 aliphatic heterocycles. The fraction of sp³-hybridized carbons (Fsp3) is 0.167. The molecule has 1 amide bonds. The fourth-order valence-corrected chi connectivity index (χ4v) is 4.29. The van der Waals surface area contributed by atoms with Crippen molar-refractivity contribution in [1.82, 2.24) is 0 Å². The topological polar surface area (TPSA) is 100 Å². The van der Waals surface area contributed by atoms with Crippen LogP contribution in [0.15, 0.2) is 63.0 Å². The first kappa shape index (κ1) is 21.7. The Bertz CT molecular complexity index is 1280. The number of anilines is 1. The number of amides is 1. The summed E-state index contributed by atoms with van der Waals surface area (Å²) in [5.41, 5.74) is 1.12. The SMILES string of the molecule is COc1ccc(/C(O)=C2/C(=O)C(=O)N(c3cc(C)ccc3O)C2c2ccc(C)o2)cc1Br. The quantitative estimate of drug-likeness (QED) is 0.299. The van der Waals surface area contributed by atoms with Gasteiger partial charge in [-0.3, -0.25) is 14.5 Å². The Labute approximate surface area is 192 Å². The molecule has 0 aliphatic carbocycles. The molecule has 0 bridgehead atoms. The fourth-order valence-electron chi connectivity index (χ4n) is 3.75. The number of halogens is 1. The minimum Gasteiger partial charge on any atom is -0.507 e. The normalized spacial score (nSPS) is 17.8. The number of methoxy groups -OCH3 is 1. The van der Waals surface area contributed by atoms with Gasteiger partial charge in [-0.15, -0.1) is 0 Å². The second-order valence-corrected chi connectivity index (χ2v) is 8.31. The summed E-state index contributed by atoms with van der Waals surface area (Å²) >= 11 is 3.37. The summed E-state index contributed by atoms with van der Waals surface area (Å²) in [6, 6.07) is 11.8. The molecular formula is C24H20BrNO6. The number of carbonyl (C=O) groups excluding carboxylic acids is 2. The van der Waals surface area contributed by atoms with Gasteiger partial charge in [0.05, 0.1) is 22.8 Å². The smallest absolute Gasteiger partial charge is 0.300 e. The molecule has 8 heteroatoms. The third kappa shape index (κ3) is 3.56. The number of aliphatic hydroxyl groups is 1. The van der Waals surface area contributed by atoms with Gasteiger partial charge in [0.1, 0.15) is 34.8 Å². The van der Waals surface area contributed by atoms with Crippen molar-refractivity contribution < 1.29 is 29.0 Å². The molecule has 1 aromatic heterocycles. The number of phenolic OH excluding ortho intramolecular Hbond substituents is 1. The molecule has 7 nitrogen and oxygen atoms in total. The standard InChI is InChI=1S/C24H20BrNO6/c1-12-4-7-17(27)16(10-12)26-21(19-8-5-13(2)32-19)20(23(29)24(26)30)22(28)14-6-9-18(31-3)15(25)11-14/h4-11,21,27-28H,1-3H3/b22-20-. The van der Waals surface area contributed by atoms with Crippen molar-refractivity contribution in [3.05, 3.63) is 81.2 Å². The van der Waals surface area contributed by atoms with Gasteiger partial charge < -0.3 is 19.4 Å². The molecule has 1 saturated heterocycles. The van der Waals surface area contributed by atoms with Crippen LogP contribution in [-0.2, 0) is 9.59 Å². The van der Waals surface area contributed by atoms with Crippen LogP contribution in [-0.4, -0.2) is 29.0 Å². The number of hydrogen-bond donors (Lipinski definition) is 2. The van der Waals surface area contributed by atoms with Crippen LogP contribution in [0.25, 0.3) is 5.76 Å². The van der Waals surface area contributed by atoms with Crippen LogP contribution in [0.2, 0.25) is 0 Å². The predicted molar refractivity (Wildman–Crippen MR) is 122 cm³/mol. The van der Waals surface area contributed by atoms with Gasteiger partial charge in [0.2, 0.25) is 0 Å². The number of aliphatic hydroxyl groups excluding tert-OH is 1. The van der Waals surface area contributed by atoms with E-state index in [0.717, 1.165) is 10.5 Å². The highest BCUT2D eigenvalue weighted by Gasteiger charge is 2.49. The second-order valence-electron chi connectivity index (χ2n) is 7.46. The molecule has 32 heavy (non-hydrogen) atoms. The van der Waals surface area contributed by atoms with E-state index >= 15 is 0 Å². The van der Waals surface area contributed by atoms with Crippen molar-refractivity contribution in [2.45, 2.75) is 19.9 Å². The highest BCUT2D eigenvalue weighted by atomic mass is 79.9. The Morgan fingerprint density at radius 3 is 2.47 bits per heavy atom. The molecule has 0 saturated carbocycles. The largest absolute Gasteiger partial charge is 0.507 e. The van der Waals surface area contributed by atoms with E-state index in [1.807, 2.05) is 0 Å². The van der Waals surface area contributed by atoms with Crippen LogP contribution in [0.1, 0.15) is 28.7 Å². The first-order valence-electron chi connectivity index (χ1n) is 9.73. The minimum absolute atomic E-state index is 0.137. The average molecular weight is 498 g/mol. The van der Waals surface area contributed by atoms with E-state index in [-0.39, 0.29) is 28.5 Å². The van der Waals surface area contributed by atoms with Crippen LogP contribution in [0.5, 0.6) is 11.5 Å². The van der Waals surface area contributed by atoms with Crippen molar-refractivity contribution in [3.63, 3.8) is 0 Å². The summed E-state index contributed by atoms with van der Waals surface area (Å²) in [5.74, 6) is -0.875. The third-order valence-electron chi connectivity index (χ3n) is 5.29. The molecule has 0 radical (unpaired) electrons. The molecule has 3 aromatic rings.